The molecule has 3 aromatic carbocycles. The molecule has 320 valence electrons. The fraction of sp³-hybridized carbons (Fsp3) is 0.357. The lowest BCUT2D eigenvalue weighted by Crippen LogP contribution is -2.54. The van der Waals surface area contributed by atoms with Gasteiger partial charge in [0.25, 0.3) is 11.8 Å². The van der Waals surface area contributed by atoms with Crippen LogP contribution in [0.25, 0.3) is 0 Å². The molecule has 0 aliphatic carbocycles. The van der Waals surface area contributed by atoms with E-state index in [1.54, 1.807) is 39.5 Å². The summed E-state index contributed by atoms with van der Waals surface area (Å²) in [5.74, 6) is -1.34. The monoisotopic (exact) mass is 872 g/mol. The summed E-state index contributed by atoms with van der Waals surface area (Å²) in [4.78, 5) is 75.5. The minimum absolute atomic E-state index is 0.00677. The summed E-state index contributed by atoms with van der Waals surface area (Å²) in [6.07, 6.45) is 2.18. The van der Waals surface area contributed by atoms with Crippen LogP contribution in [0.3, 0.4) is 0 Å². The summed E-state index contributed by atoms with van der Waals surface area (Å²) in [6.45, 7) is 6.46. The van der Waals surface area contributed by atoms with E-state index in [1.807, 2.05) is 42.5 Å². The zero-order chi connectivity index (χ0) is 43.4. The highest BCUT2D eigenvalue weighted by Crippen LogP contribution is 2.39. The van der Waals surface area contributed by atoms with E-state index in [9.17, 15) is 28.5 Å². The van der Waals surface area contributed by atoms with E-state index in [0.29, 0.717) is 59.2 Å². The highest BCUT2D eigenvalue weighted by atomic mass is 35.5. The largest absolute Gasteiger partial charge is 0.494 e. The Morgan fingerprint density at radius 1 is 0.951 bits per heavy atom. The van der Waals surface area contributed by atoms with Gasteiger partial charge in [0, 0.05) is 42.6 Å². The zero-order valence-corrected chi connectivity index (χ0v) is 35.7. The number of rotatable bonds is 15. The Balaban J connectivity index is 0.875. The second-order valence-corrected chi connectivity index (χ2v) is 18.7. The average molecular weight is 873 g/mol. The summed E-state index contributed by atoms with van der Waals surface area (Å²) < 4.78 is 30.2. The number of anilines is 5. The Hall–Kier alpha value is -6.03. The van der Waals surface area contributed by atoms with Gasteiger partial charge in [-0.25, -0.2) is 4.98 Å². The van der Waals surface area contributed by atoms with Gasteiger partial charge in [0.2, 0.25) is 23.7 Å². The minimum atomic E-state index is -2.58. The topological polar surface area (TPSA) is 210 Å². The summed E-state index contributed by atoms with van der Waals surface area (Å²) in [6, 6.07) is 16.6. The Bertz CT molecular complexity index is 2420. The molecule has 4 N–H and O–H groups in total. The zero-order valence-electron chi connectivity index (χ0n) is 34.0. The third-order valence-corrected chi connectivity index (χ3v) is 12.5. The molecule has 0 spiro atoms. The number of piperidine rings is 2. The summed E-state index contributed by atoms with van der Waals surface area (Å²) in [7, 11) is -0.999. The van der Waals surface area contributed by atoms with Crippen molar-refractivity contribution in [3.63, 3.8) is 0 Å². The highest BCUT2D eigenvalue weighted by Gasteiger charge is 2.46. The van der Waals surface area contributed by atoms with Gasteiger partial charge in [-0.1, -0.05) is 29.8 Å². The predicted octanol–water partition coefficient (Wildman–Crippen LogP) is 4.84. The second-order valence-electron chi connectivity index (χ2n) is 15.2. The van der Waals surface area contributed by atoms with Crippen LogP contribution < -0.4 is 40.9 Å². The smallest absolute Gasteiger partial charge is 0.266 e. The molecule has 0 radical (unpaired) electrons. The molecular formula is C42H46ClN8O9P. The molecule has 17 nitrogen and oxygen atoms in total. The number of nitrogens with one attached hydrogen (secondary N) is 4. The van der Waals surface area contributed by atoms with Crippen molar-refractivity contribution < 1.29 is 42.7 Å². The van der Waals surface area contributed by atoms with Crippen LogP contribution in [0.1, 0.15) is 53.3 Å². The van der Waals surface area contributed by atoms with Crippen molar-refractivity contribution >= 4 is 82.4 Å². The Labute approximate surface area is 357 Å². The van der Waals surface area contributed by atoms with Gasteiger partial charge in [0.1, 0.15) is 42.4 Å². The van der Waals surface area contributed by atoms with Gasteiger partial charge in [0.05, 0.1) is 42.4 Å². The first kappa shape index (κ1) is 43.1. The van der Waals surface area contributed by atoms with E-state index in [0.717, 1.165) is 10.6 Å². The molecule has 0 bridgehead atoms. The number of carbonyl (C=O) groups is 5. The second kappa shape index (κ2) is 18.3. The van der Waals surface area contributed by atoms with Crippen LogP contribution in [0.4, 0.5) is 28.8 Å². The van der Waals surface area contributed by atoms with Gasteiger partial charge in [-0.2, -0.15) is 4.98 Å². The van der Waals surface area contributed by atoms with Gasteiger partial charge < -0.3 is 39.6 Å². The van der Waals surface area contributed by atoms with Gasteiger partial charge in [-0.05, 0) is 75.9 Å². The number of benzene rings is 3. The summed E-state index contributed by atoms with van der Waals surface area (Å²) in [5, 5.41) is 12.7. The SMILES string of the molecule is COc1cc(N2CCC(NC(=O)C(C)OCCOc3cccc4c3C(=O)N(C3CCC(=O)NC3=O)C4=O)CC2)ccc1Nc1ncc(Cl)c(Nc2ccccc2P(C)(C)=O)n1. The fourth-order valence-corrected chi connectivity index (χ4v) is 8.74. The number of methoxy groups -OCH3 is 1. The van der Waals surface area contributed by atoms with Crippen molar-refractivity contribution in [2.24, 2.45) is 0 Å². The number of halogens is 1. The number of hydrogen-bond acceptors (Lipinski definition) is 14. The average Bonchev–Trinajstić information content (AvgIpc) is 3.49. The van der Waals surface area contributed by atoms with Gasteiger partial charge in [-0.15, -0.1) is 0 Å². The normalized spacial score (nSPS) is 17.4. The third-order valence-electron chi connectivity index (χ3n) is 10.6. The van der Waals surface area contributed by atoms with Gasteiger partial charge in [-0.3, -0.25) is 34.2 Å². The van der Waals surface area contributed by atoms with Crippen LogP contribution in [0, 0.1) is 0 Å². The molecule has 61 heavy (non-hydrogen) atoms. The Kier molecular flexibility index (Phi) is 12.9. The van der Waals surface area contributed by atoms with E-state index >= 15 is 0 Å². The summed E-state index contributed by atoms with van der Waals surface area (Å²) >= 11 is 6.45. The number of aromatic nitrogens is 2. The number of imide groups is 2. The van der Waals surface area contributed by atoms with Crippen LogP contribution in [0.2, 0.25) is 5.02 Å². The van der Waals surface area contributed by atoms with E-state index in [4.69, 9.17) is 25.8 Å². The van der Waals surface area contributed by atoms with Crippen molar-refractivity contribution in [2.75, 3.05) is 62.3 Å². The number of hydrogen-bond donors (Lipinski definition) is 4. The minimum Gasteiger partial charge on any atom is -0.494 e. The first-order valence-corrected chi connectivity index (χ1v) is 22.7. The molecule has 2 fully saturated rings. The maximum Gasteiger partial charge on any atom is 0.266 e. The molecule has 19 heteroatoms. The van der Waals surface area contributed by atoms with E-state index in [2.05, 4.69) is 36.1 Å². The van der Waals surface area contributed by atoms with Crippen molar-refractivity contribution in [3.8, 4) is 11.5 Å². The molecule has 2 atom stereocenters. The quantitative estimate of drug-likeness (QED) is 0.0716. The molecule has 5 amide bonds. The molecule has 2 unspecified atom stereocenters. The summed E-state index contributed by atoms with van der Waals surface area (Å²) in [5.41, 5.74) is 2.39. The van der Waals surface area contributed by atoms with Crippen LogP contribution in [-0.2, 0) is 23.7 Å². The Morgan fingerprint density at radius 3 is 2.46 bits per heavy atom. The van der Waals surface area contributed by atoms with Gasteiger partial charge >= 0.3 is 0 Å². The number of fused-ring (bicyclic) bond motifs is 1. The van der Waals surface area contributed by atoms with Crippen molar-refractivity contribution in [1.82, 2.24) is 25.5 Å². The van der Waals surface area contributed by atoms with Crippen LogP contribution in [0.15, 0.2) is 66.9 Å². The molecule has 0 saturated carbocycles. The molecule has 3 aliphatic rings. The van der Waals surface area contributed by atoms with E-state index < -0.39 is 42.9 Å². The van der Waals surface area contributed by atoms with Crippen molar-refractivity contribution in [2.45, 2.75) is 50.8 Å². The van der Waals surface area contributed by atoms with Gasteiger partial charge in [0.15, 0.2) is 5.82 Å². The number of para-hydroxylation sites is 1. The van der Waals surface area contributed by atoms with E-state index in [-0.39, 0.29) is 60.8 Å². The highest BCUT2D eigenvalue weighted by molar-refractivity contribution is 7.70. The number of carbonyl (C=O) groups excluding carboxylic acids is 5. The lowest BCUT2D eigenvalue weighted by Gasteiger charge is -2.34. The van der Waals surface area contributed by atoms with E-state index in [1.165, 1.54) is 12.3 Å². The lowest BCUT2D eigenvalue weighted by atomic mass is 10.0. The molecule has 3 aliphatic heterocycles. The lowest BCUT2D eigenvalue weighted by molar-refractivity contribution is -0.136. The first-order chi connectivity index (χ1) is 29.2. The predicted molar refractivity (Wildman–Crippen MR) is 230 cm³/mol. The number of nitrogens with zero attached hydrogens (tertiary/aromatic N) is 4. The third kappa shape index (κ3) is 9.64. The van der Waals surface area contributed by atoms with Crippen LogP contribution in [0.5, 0.6) is 11.5 Å². The number of ether oxygens (including phenoxy) is 3. The molecule has 2 saturated heterocycles. The molecule has 4 aromatic rings. The standard InChI is InChI=1S/C42H46ClN8O9P/c1-24(59-20-21-60-32-10-7-8-27-36(32)41(56)51(40(27)55)31-14-15-35(52)48-39(31)54)38(53)45-25-16-18-50(19-17-25)26-12-13-29(33(22-26)58-2)47-42-44-23-28(43)37(49-42)46-30-9-5-6-11-34(30)61(3,4)57/h5-13,22-25,31H,14-21H2,1-4H3,(H,45,53)(H,48,52,54)(H2,44,46,47,49). The molecule has 1 aromatic heterocycles. The fourth-order valence-electron chi connectivity index (χ4n) is 7.45. The maximum atomic E-state index is 13.3. The van der Waals surface area contributed by atoms with Crippen LogP contribution >= 0.6 is 18.7 Å². The first-order valence-electron chi connectivity index (χ1n) is 19.8. The molecule has 7 rings (SSSR count). The van der Waals surface area contributed by atoms with Crippen molar-refractivity contribution in [1.29, 1.82) is 0 Å². The maximum absolute atomic E-state index is 13.3. The molecular weight excluding hydrogens is 827 g/mol. The number of amides is 5. The van der Waals surface area contributed by atoms with Crippen molar-refractivity contribution in [3.05, 3.63) is 83.0 Å². The molecule has 4 heterocycles. The Morgan fingerprint density at radius 2 is 1.72 bits per heavy atom. The van der Waals surface area contributed by atoms with Crippen LogP contribution in [-0.4, -0.2) is 109 Å².